The first-order chi connectivity index (χ1) is 10.2. The number of alkyl halides is 1. The van der Waals surface area contributed by atoms with Crippen molar-refractivity contribution < 1.29 is 9.59 Å². The van der Waals surface area contributed by atoms with Gasteiger partial charge in [0.25, 0.3) is 0 Å². The first-order valence-corrected chi connectivity index (χ1v) is 8.71. The monoisotopic (exact) mass is 383 g/mol. The molecule has 2 aliphatic rings. The van der Waals surface area contributed by atoms with Gasteiger partial charge in [0.2, 0.25) is 5.91 Å². The van der Waals surface area contributed by atoms with Crippen LogP contribution in [0.3, 0.4) is 0 Å². The maximum absolute atomic E-state index is 13.1. The molecule has 118 valence electrons. The molecule has 3 rings (SSSR count). The van der Waals surface area contributed by atoms with E-state index in [1.54, 1.807) is 18.2 Å². The minimum absolute atomic E-state index is 0.101. The minimum atomic E-state index is -0.721. The Labute approximate surface area is 143 Å². The largest absolute Gasteiger partial charge is 0.325 e. The van der Waals surface area contributed by atoms with Crippen LogP contribution < -0.4 is 5.32 Å². The Morgan fingerprint density at radius 3 is 2.55 bits per heavy atom. The predicted octanol–water partition coefficient (Wildman–Crippen LogP) is 4.44. The number of hydrogen-bond acceptors (Lipinski definition) is 2. The van der Waals surface area contributed by atoms with Crippen molar-refractivity contribution in [2.75, 3.05) is 5.32 Å². The van der Waals surface area contributed by atoms with Gasteiger partial charge in [0.15, 0.2) is 5.78 Å². The second-order valence-corrected chi connectivity index (χ2v) is 8.47. The highest BCUT2D eigenvalue weighted by atomic mass is 79.9. The second kappa shape index (κ2) is 4.81. The van der Waals surface area contributed by atoms with E-state index in [4.69, 9.17) is 11.6 Å². The molecular weight excluding hydrogens is 366 g/mol. The number of nitrogens with one attached hydrogen (secondary N) is 1. The molecule has 0 radical (unpaired) electrons. The van der Waals surface area contributed by atoms with Gasteiger partial charge >= 0.3 is 0 Å². The van der Waals surface area contributed by atoms with Gasteiger partial charge in [-0.2, -0.15) is 0 Å². The molecule has 3 unspecified atom stereocenters. The topological polar surface area (TPSA) is 46.2 Å². The van der Waals surface area contributed by atoms with Crippen LogP contribution in [0.25, 0.3) is 0 Å². The molecule has 2 aliphatic carbocycles. The molecular formula is C17H19BrClNO2. The predicted molar refractivity (Wildman–Crippen MR) is 91.4 cm³/mol. The van der Waals surface area contributed by atoms with Crippen LogP contribution in [0.4, 0.5) is 5.69 Å². The summed E-state index contributed by atoms with van der Waals surface area (Å²) in [6.45, 7) is 6.07. The van der Waals surface area contributed by atoms with Crippen LogP contribution in [0.1, 0.15) is 33.6 Å². The van der Waals surface area contributed by atoms with Gasteiger partial charge in [-0.15, -0.1) is 0 Å². The van der Waals surface area contributed by atoms with Crippen LogP contribution in [0, 0.1) is 16.2 Å². The summed E-state index contributed by atoms with van der Waals surface area (Å²) in [6.07, 6.45) is 1.47. The number of rotatable bonds is 2. The van der Waals surface area contributed by atoms with E-state index in [0.29, 0.717) is 17.1 Å². The van der Waals surface area contributed by atoms with Crippen molar-refractivity contribution in [3.05, 3.63) is 29.3 Å². The quantitative estimate of drug-likeness (QED) is 0.766. The molecule has 1 N–H and O–H groups in total. The van der Waals surface area contributed by atoms with Crippen LogP contribution in [-0.4, -0.2) is 16.5 Å². The number of carbonyl (C=O) groups excluding carboxylic acids is 2. The van der Waals surface area contributed by atoms with Crippen LogP contribution in [0.2, 0.25) is 5.02 Å². The molecule has 0 aliphatic heterocycles. The number of halogens is 2. The maximum atomic E-state index is 13.1. The molecule has 3 nitrogen and oxygen atoms in total. The number of carbonyl (C=O) groups is 2. The van der Waals surface area contributed by atoms with Crippen LogP contribution >= 0.6 is 27.5 Å². The number of amides is 1. The molecule has 0 aromatic heterocycles. The lowest BCUT2D eigenvalue weighted by Crippen LogP contribution is -2.47. The van der Waals surface area contributed by atoms with E-state index in [1.165, 1.54) is 0 Å². The summed E-state index contributed by atoms with van der Waals surface area (Å²) in [5.74, 6) is 0.0428. The smallest absolute Gasteiger partial charge is 0.232 e. The average molecular weight is 385 g/mol. The third-order valence-electron chi connectivity index (χ3n) is 6.21. The fraction of sp³-hybridized carbons (Fsp3) is 0.529. The van der Waals surface area contributed by atoms with E-state index < -0.39 is 21.1 Å². The van der Waals surface area contributed by atoms with E-state index in [2.05, 4.69) is 21.2 Å². The van der Waals surface area contributed by atoms with Crippen molar-refractivity contribution in [2.45, 2.75) is 38.4 Å². The summed E-state index contributed by atoms with van der Waals surface area (Å²) < 4.78 is 0. The summed E-state index contributed by atoms with van der Waals surface area (Å²) in [7, 11) is 0. The number of ketones is 1. The van der Waals surface area contributed by atoms with Gasteiger partial charge in [-0.3, -0.25) is 9.59 Å². The van der Waals surface area contributed by atoms with Crippen molar-refractivity contribution in [3.63, 3.8) is 0 Å². The number of benzene rings is 1. The standard InChI is InChI=1S/C17H19BrClNO2/c1-15(2)16(3)7-8-17(15,12(18)13(16)21)14(22)20-11-6-4-5-10(19)9-11/h4-6,9,12H,7-8H2,1-3H3,(H,20,22). The zero-order chi connectivity index (χ0) is 16.3. The molecule has 0 spiro atoms. The number of anilines is 1. The second-order valence-electron chi connectivity index (χ2n) is 7.12. The van der Waals surface area contributed by atoms with E-state index >= 15 is 0 Å². The Balaban J connectivity index is 1.99. The summed E-state index contributed by atoms with van der Waals surface area (Å²) in [5.41, 5.74) is -0.905. The normalized spacial score (nSPS) is 35.7. The summed E-state index contributed by atoms with van der Waals surface area (Å²) in [4.78, 5) is 25.3. The highest BCUT2D eigenvalue weighted by Crippen LogP contribution is 2.72. The molecule has 3 atom stereocenters. The van der Waals surface area contributed by atoms with Crippen LogP contribution in [-0.2, 0) is 9.59 Å². The molecule has 1 aromatic carbocycles. The van der Waals surface area contributed by atoms with E-state index in [1.807, 2.05) is 26.8 Å². The third kappa shape index (κ3) is 1.74. The Morgan fingerprint density at radius 2 is 2.00 bits per heavy atom. The first kappa shape index (κ1) is 16.0. The van der Waals surface area contributed by atoms with E-state index in [-0.39, 0.29) is 11.7 Å². The molecule has 1 aromatic rings. The minimum Gasteiger partial charge on any atom is -0.325 e. The van der Waals surface area contributed by atoms with Gasteiger partial charge in [0.05, 0.1) is 10.2 Å². The van der Waals surface area contributed by atoms with Gasteiger partial charge in [-0.25, -0.2) is 0 Å². The van der Waals surface area contributed by atoms with Crippen molar-refractivity contribution in [1.82, 2.24) is 0 Å². The van der Waals surface area contributed by atoms with Crippen molar-refractivity contribution >= 4 is 44.9 Å². The molecule has 22 heavy (non-hydrogen) atoms. The van der Waals surface area contributed by atoms with E-state index in [9.17, 15) is 9.59 Å². The van der Waals surface area contributed by atoms with Gasteiger partial charge < -0.3 is 5.32 Å². The average Bonchev–Trinajstić information content (AvgIpc) is 2.71. The molecule has 0 saturated heterocycles. The molecule has 2 bridgehead atoms. The van der Waals surface area contributed by atoms with E-state index in [0.717, 1.165) is 6.42 Å². The van der Waals surface area contributed by atoms with Crippen molar-refractivity contribution in [2.24, 2.45) is 16.2 Å². The number of fused-ring (bicyclic) bond motifs is 2. The maximum Gasteiger partial charge on any atom is 0.232 e. The van der Waals surface area contributed by atoms with Crippen molar-refractivity contribution in [1.29, 1.82) is 0 Å². The van der Waals surface area contributed by atoms with Crippen LogP contribution in [0.15, 0.2) is 24.3 Å². The Bertz CT molecular complexity index is 674. The molecule has 2 fully saturated rings. The first-order valence-electron chi connectivity index (χ1n) is 7.42. The van der Waals surface area contributed by atoms with Crippen LogP contribution in [0.5, 0.6) is 0 Å². The molecule has 2 saturated carbocycles. The zero-order valence-electron chi connectivity index (χ0n) is 12.9. The van der Waals surface area contributed by atoms with Gasteiger partial charge in [-0.1, -0.05) is 54.4 Å². The number of Topliss-reactive ketones (excluding diaryl/α,β-unsaturated/α-hetero) is 1. The summed E-state index contributed by atoms with van der Waals surface area (Å²) >= 11 is 9.50. The molecule has 1 amide bonds. The molecule has 0 heterocycles. The summed E-state index contributed by atoms with van der Waals surface area (Å²) in [5, 5.41) is 3.53. The lowest BCUT2D eigenvalue weighted by atomic mass is 9.64. The lowest BCUT2D eigenvalue weighted by molar-refractivity contribution is -0.130. The van der Waals surface area contributed by atoms with Crippen molar-refractivity contribution in [3.8, 4) is 0 Å². The van der Waals surface area contributed by atoms with Gasteiger partial charge in [0.1, 0.15) is 0 Å². The highest BCUT2D eigenvalue weighted by Gasteiger charge is 2.76. The Hall–Kier alpha value is -0.870. The fourth-order valence-corrected chi connectivity index (χ4v) is 5.97. The zero-order valence-corrected chi connectivity index (χ0v) is 15.2. The highest BCUT2D eigenvalue weighted by molar-refractivity contribution is 9.10. The van der Waals surface area contributed by atoms with Gasteiger partial charge in [-0.05, 0) is 36.5 Å². The molecule has 5 heteroatoms. The Morgan fingerprint density at radius 1 is 1.32 bits per heavy atom. The lowest BCUT2D eigenvalue weighted by Gasteiger charge is -2.39. The SMILES string of the molecule is CC12CCC(C(=O)Nc3cccc(Cl)c3)(C(Br)C1=O)C2(C)C. The summed E-state index contributed by atoms with van der Waals surface area (Å²) in [6, 6.07) is 7.09. The third-order valence-corrected chi connectivity index (χ3v) is 7.64. The fourth-order valence-electron chi connectivity index (χ4n) is 4.26. The Kier molecular flexibility index (Phi) is 3.50. The number of hydrogen-bond donors (Lipinski definition) is 1. The van der Waals surface area contributed by atoms with Gasteiger partial charge in [0, 0.05) is 16.1 Å².